The number of hydrogen-bond donors (Lipinski definition) is 1. The molecule has 1 fully saturated rings. The van der Waals surface area contributed by atoms with Gasteiger partial charge in [-0.05, 0) is 24.8 Å². The molecule has 1 unspecified atom stereocenters. The zero-order valence-corrected chi connectivity index (χ0v) is 19.9. The van der Waals surface area contributed by atoms with Crippen LogP contribution in [-0.4, -0.2) is 61.8 Å². The van der Waals surface area contributed by atoms with Crippen LogP contribution in [0.5, 0.6) is 0 Å². The Balaban J connectivity index is 1.35. The molecule has 0 aliphatic carbocycles. The third-order valence-electron chi connectivity index (χ3n) is 7.51. The van der Waals surface area contributed by atoms with Gasteiger partial charge in [-0.15, -0.1) is 0 Å². The highest BCUT2D eigenvalue weighted by Gasteiger charge is 2.42. The molecule has 6 heterocycles. The minimum Gasteiger partial charge on any atom is -0.341 e. The second-order valence-corrected chi connectivity index (χ2v) is 9.58. The Morgan fingerprint density at radius 1 is 1.03 bits per heavy atom. The average molecular weight is 494 g/mol. The highest BCUT2D eigenvalue weighted by molar-refractivity contribution is 6.47. The maximum Gasteiger partial charge on any atom is 0.261 e. The van der Waals surface area contributed by atoms with Crippen molar-refractivity contribution in [1.82, 2.24) is 24.6 Å². The minimum absolute atomic E-state index is 0.114. The Morgan fingerprint density at radius 3 is 2.73 bits per heavy atom. The van der Waals surface area contributed by atoms with E-state index < -0.39 is 11.8 Å². The fraction of sp³-hybridized carbons (Fsp3) is 0.259. The minimum atomic E-state index is -0.513. The molecule has 10 heteroatoms. The Hall–Kier alpha value is -4.60. The van der Waals surface area contributed by atoms with Crippen LogP contribution in [0.25, 0.3) is 11.2 Å². The number of aromatic nitrogens is 3. The van der Waals surface area contributed by atoms with Crippen LogP contribution in [-0.2, 0) is 20.8 Å². The van der Waals surface area contributed by atoms with Gasteiger partial charge in [0.05, 0.1) is 40.6 Å². The average Bonchev–Trinajstić information content (AvgIpc) is 3.55. The largest absolute Gasteiger partial charge is 0.341 e. The van der Waals surface area contributed by atoms with Crippen LogP contribution in [0, 0.1) is 0 Å². The number of para-hydroxylation sites is 1. The van der Waals surface area contributed by atoms with Gasteiger partial charge in [0.15, 0.2) is 5.65 Å². The molecule has 0 saturated carbocycles. The molecule has 0 bridgehead atoms. The molecular weight excluding hydrogens is 470 g/mol. The molecular formula is C27H23N7O3. The number of benzene rings is 1. The van der Waals surface area contributed by atoms with Gasteiger partial charge in [-0.3, -0.25) is 34.1 Å². The van der Waals surface area contributed by atoms with Gasteiger partial charge in [-0.2, -0.15) is 0 Å². The first-order valence-electron chi connectivity index (χ1n) is 12.4. The summed E-state index contributed by atoms with van der Waals surface area (Å²) in [4.78, 5) is 56.8. The molecule has 4 aliphatic rings. The summed E-state index contributed by atoms with van der Waals surface area (Å²) in [5.41, 5.74) is 4.41. The summed E-state index contributed by atoms with van der Waals surface area (Å²) in [6, 6.07) is 5.46. The van der Waals surface area contributed by atoms with Crippen molar-refractivity contribution in [3.05, 3.63) is 77.8 Å². The molecule has 4 aliphatic heterocycles. The lowest BCUT2D eigenvalue weighted by molar-refractivity contribution is -0.133. The molecule has 1 aromatic carbocycles. The van der Waals surface area contributed by atoms with Gasteiger partial charge in [0.2, 0.25) is 5.91 Å². The van der Waals surface area contributed by atoms with E-state index >= 15 is 0 Å². The Morgan fingerprint density at radius 2 is 1.86 bits per heavy atom. The van der Waals surface area contributed by atoms with E-state index in [0.29, 0.717) is 29.0 Å². The molecule has 0 spiro atoms. The van der Waals surface area contributed by atoms with Crippen LogP contribution in [0.3, 0.4) is 0 Å². The Kier molecular flexibility index (Phi) is 4.82. The molecule has 37 heavy (non-hydrogen) atoms. The number of carbonyl (C=O) groups excluding carboxylic acids is 3. The van der Waals surface area contributed by atoms with Gasteiger partial charge in [0, 0.05) is 49.9 Å². The van der Waals surface area contributed by atoms with Crippen LogP contribution in [0.4, 0.5) is 5.69 Å². The monoisotopic (exact) mass is 493 g/mol. The molecule has 1 atom stereocenters. The van der Waals surface area contributed by atoms with Gasteiger partial charge >= 0.3 is 0 Å². The number of nitrogens with zero attached hydrogens (tertiary/aromatic N) is 6. The zero-order valence-electron chi connectivity index (χ0n) is 19.9. The molecule has 2 aromatic heterocycles. The molecule has 0 radical (unpaired) electrons. The molecule has 1 saturated heterocycles. The van der Waals surface area contributed by atoms with Crippen LogP contribution in [0.2, 0.25) is 0 Å². The molecule has 10 nitrogen and oxygen atoms in total. The van der Waals surface area contributed by atoms with Crippen LogP contribution in [0.1, 0.15) is 36.1 Å². The number of nitrogens with one attached hydrogen (secondary N) is 1. The number of piperidine rings is 1. The van der Waals surface area contributed by atoms with Gasteiger partial charge < -0.3 is 9.80 Å². The first-order chi connectivity index (χ1) is 18.1. The summed E-state index contributed by atoms with van der Waals surface area (Å²) >= 11 is 0. The van der Waals surface area contributed by atoms with E-state index in [1.165, 1.54) is 0 Å². The third-order valence-corrected chi connectivity index (χ3v) is 7.51. The number of hydrogen-bond acceptors (Lipinski definition) is 7. The second kappa shape index (κ2) is 8.22. The molecule has 184 valence electrons. The van der Waals surface area contributed by atoms with E-state index in [1.807, 2.05) is 34.2 Å². The lowest BCUT2D eigenvalue weighted by Gasteiger charge is -2.32. The van der Waals surface area contributed by atoms with Crippen LogP contribution >= 0.6 is 0 Å². The number of rotatable bonds is 3. The van der Waals surface area contributed by atoms with Gasteiger partial charge in [-0.1, -0.05) is 18.2 Å². The SMILES string of the molecule is O=C1NC(=O)C(c2cnc3cnccn23)=C1C1=NC=CN2c3c(cccc31)CC2C(=O)N1CCCCC1. The maximum atomic E-state index is 13.5. The van der Waals surface area contributed by atoms with Crippen molar-refractivity contribution in [2.45, 2.75) is 31.7 Å². The normalized spacial score (nSPS) is 20.9. The van der Waals surface area contributed by atoms with E-state index in [0.717, 1.165) is 43.6 Å². The summed E-state index contributed by atoms with van der Waals surface area (Å²) < 4.78 is 1.72. The number of carbonyl (C=O) groups is 3. The standard InChI is InChI=1S/C27H23N7O3/c35-25-21(19-14-30-20-15-28-7-11-33(19)20)22(26(36)31-25)23-17-6-4-5-16-13-18(34(24(16)17)12-8-29-23)27(37)32-9-2-1-3-10-32/h4-8,11-12,14-15,18H,1-3,9-10,13H2,(H,31,35,36). The predicted molar refractivity (Wildman–Crippen MR) is 136 cm³/mol. The number of anilines is 1. The number of imidazole rings is 1. The van der Waals surface area contributed by atoms with E-state index in [9.17, 15) is 14.4 Å². The van der Waals surface area contributed by atoms with Crippen molar-refractivity contribution in [2.24, 2.45) is 4.99 Å². The van der Waals surface area contributed by atoms with Crippen molar-refractivity contribution < 1.29 is 14.4 Å². The van der Waals surface area contributed by atoms with Gasteiger partial charge in [0.25, 0.3) is 11.8 Å². The second-order valence-electron chi connectivity index (χ2n) is 9.58. The fourth-order valence-electron chi connectivity index (χ4n) is 5.83. The van der Waals surface area contributed by atoms with E-state index in [2.05, 4.69) is 20.3 Å². The quantitative estimate of drug-likeness (QED) is 0.558. The first kappa shape index (κ1) is 21.7. The van der Waals surface area contributed by atoms with Gasteiger partial charge in [0.1, 0.15) is 6.04 Å². The smallest absolute Gasteiger partial charge is 0.261 e. The number of amides is 3. The molecule has 3 amide bonds. The lowest BCUT2D eigenvalue weighted by Crippen LogP contribution is -2.47. The maximum absolute atomic E-state index is 13.5. The van der Waals surface area contributed by atoms with Crippen LogP contribution in [0.15, 0.2) is 66.0 Å². The third kappa shape index (κ3) is 3.25. The summed E-state index contributed by atoms with van der Waals surface area (Å²) in [5.74, 6) is -0.902. The Bertz CT molecular complexity index is 1590. The van der Waals surface area contributed by atoms with E-state index in [-0.39, 0.29) is 23.1 Å². The number of likely N-dealkylation sites (tertiary alicyclic amines) is 1. The van der Waals surface area contributed by atoms with Crippen molar-refractivity contribution in [1.29, 1.82) is 0 Å². The number of aliphatic imine (C=N–C) groups is 1. The van der Waals surface area contributed by atoms with Crippen molar-refractivity contribution in [2.75, 3.05) is 18.0 Å². The molecule has 3 aromatic rings. The van der Waals surface area contributed by atoms with E-state index in [1.54, 1.807) is 35.4 Å². The number of imide groups is 1. The summed E-state index contributed by atoms with van der Waals surface area (Å²) in [6.45, 7) is 1.57. The van der Waals surface area contributed by atoms with Crippen LogP contribution < -0.4 is 10.2 Å². The summed E-state index contributed by atoms with van der Waals surface area (Å²) in [6.07, 6.45) is 13.7. The van der Waals surface area contributed by atoms with Gasteiger partial charge in [-0.25, -0.2) is 4.98 Å². The first-order valence-corrected chi connectivity index (χ1v) is 12.4. The topological polar surface area (TPSA) is 112 Å². The zero-order chi connectivity index (χ0) is 25.1. The number of fused-ring (bicyclic) bond motifs is 1. The van der Waals surface area contributed by atoms with Crippen molar-refractivity contribution >= 4 is 40.3 Å². The van der Waals surface area contributed by atoms with E-state index in [4.69, 9.17) is 0 Å². The highest BCUT2D eigenvalue weighted by atomic mass is 16.2. The Labute approximate surface area is 212 Å². The predicted octanol–water partition coefficient (Wildman–Crippen LogP) is 1.86. The summed E-state index contributed by atoms with van der Waals surface area (Å²) in [5, 5.41) is 2.44. The lowest BCUT2D eigenvalue weighted by atomic mass is 9.94. The van der Waals surface area contributed by atoms with Crippen molar-refractivity contribution in [3.63, 3.8) is 0 Å². The van der Waals surface area contributed by atoms with Crippen molar-refractivity contribution in [3.8, 4) is 0 Å². The molecule has 7 rings (SSSR count). The molecule has 1 N–H and O–H groups in total. The fourth-order valence-corrected chi connectivity index (χ4v) is 5.83. The highest BCUT2D eigenvalue weighted by Crippen LogP contribution is 2.40. The summed E-state index contributed by atoms with van der Waals surface area (Å²) in [7, 11) is 0.